The topological polar surface area (TPSA) is 12.9 Å². The smallest absolute Gasteiger partial charge is 0.138 e. The molecule has 1 aromatic heterocycles. The van der Waals surface area contributed by atoms with E-state index in [-0.39, 0.29) is 0 Å². The fourth-order valence-corrected chi connectivity index (χ4v) is 2.84. The van der Waals surface area contributed by atoms with Crippen molar-refractivity contribution in [1.29, 1.82) is 0 Å². The van der Waals surface area contributed by atoms with Gasteiger partial charge in [0, 0.05) is 22.0 Å². The van der Waals surface area contributed by atoms with Crippen LogP contribution in [0.25, 0.3) is 21.5 Å². The van der Waals surface area contributed by atoms with Gasteiger partial charge in [0.15, 0.2) is 0 Å². The molecular formula is C13H6Cl3N. The van der Waals surface area contributed by atoms with Crippen molar-refractivity contribution in [3.63, 3.8) is 0 Å². The minimum absolute atomic E-state index is 0.411. The van der Waals surface area contributed by atoms with Crippen molar-refractivity contribution in [2.24, 2.45) is 0 Å². The third-order valence-electron chi connectivity index (χ3n) is 2.76. The number of fused-ring (bicyclic) bond motifs is 3. The summed E-state index contributed by atoms with van der Waals surface area (Å²) in [4.78, 5) is 4.05. The normalized spacial score (nSPS) is 11.2. The standard InChI is InChI=1S/C13H6Cl3N/c14-10-3-1-2-7-8-4-5-17-13(16)12(8)11(15)6-9(7)10/h1-6H. The Morgan fingerprint density at radius 1 is 0.824 bits per heavy atom. The van der Waals surface area contributed by atoms with Crippen molar-refractivity contribution in [3.8, 4) is 0 Å². The van der Waals surface area contributed by atoms with E-state index in [2.05, 4.69) is 4.98 Å². The molecule has 1 heterocycles. The first-order chi connectivity index (χ1) is 8.18. The van der Waals surface area contributed by atoms with Crippen molar-refractivity contribution in [2.45, 2.75) is 0 Å². The van der Waals surface area contributed by atoms with Crippen LogP contribution in [0.1, 0.15) is 0 Å². The van der Waals surface area contributed by atoms with Crippen LogP contribution >= 0.6 is 34.8 Å². The zero-order valence-electron chi connectivity index (χ0n) is 8.55. The Morgan fingerprint density at radius 3 is 2.47 bits per heavy atom. The van der Waals surface area contributed by atoms with Crippen LogP contribution in [0.4, 0.5) is 0 Å². The number of rotatable bonds is 0. The molecule has 1 nitrogen and oxygen atoms in total. The summed E-state index contributed by atoms with van der Waals surface area (Å²) in [5.74, 6) is 0. The Balaban J connectivity index is 2.65. The quantitative estimate of drug-likeness (QED) is 0.400. The second-order valence-corrected chi connectivity index (χ2v) is 4.89. The monoisotopic (exact) mass is 281 g/mol. The van der Waals surface area contributed by atoms with E-state index >= 15 is 0 Å². The number of aromatic nitrogens is 1. The van der Waals surface area contributed by atoms with Gasteiger partial charge in [-0.3, -0.25) is 0 Å². The largest absolute Gasteiger partial charge is 0.244 e. The molecule has 0 atom stereocenters. The summed E-state index contributed by atoms with van der Waals surface area (Å²) in [6.45, 7) is 0. The lowest BCUT2D eigenvalue weighted by atomic mass is 10.0. The van der Waals surface area contributed by atoms with E-state index in [4.69, 9.17) is 34.8 Å². The first-order valence-electron chi connectivity index (χ1n) is 4.99. The second-order valence-electron chi connectivity index (χ2n) is 3.72. The molecule has 0 spiro atoms. The summed E-state index contributed by atoms with van der Waals surface area (Å²) < 4.78 is 0. The van der Waals surface area contributed by atoms with Gasteiger partial charge >= 0.3 is 0 Å². The van der Waals surface area contributed by atoms with Crippen LogP contribution < -0.4 is 0 Å². The Morgan fingerprint density at radius 2 is 1.65 bits per heavy atom. The Bertz CT molecular complexity index is 737. The molecule has 3 rings (SSSR count). The molecule has 0 N–H and O–H groups in total. The van der Waals surface area contributed by atoms with E-state index < -0.39 is 0 Å². The number of halogens is 3. The van der Waals surface area contributed by atoms with E-state index in [0.29, 0.717) is 15.2 Å². The predicted molar refractivity (Wildman–Crippen MR) is 74.3 cm³/mol. The number of hydrogen-bond donors (Lipinski definition) is 0. The third-order valence-corrected chi connectivity index (χ3v) is 3.67. The van der Waals surface area contributed by atoms with Gasteiger partial charge < -0.3 is 0 Å². The molecule has 0 aliphatic rings. The highest BCUT2D eigenvalue weighted by atomic mass is 35.5. The van der Waals surface area contributed by atoms with Gasteiger partial charge in [-0.25, -0.2) is 4.98 Å². The predicted octanol–water partition coefficient (Wildman–Crippen LogP) is 5.35. The summed E-state index contributed by atoms with van der Waals surface area (Å²) in [7, 11) is 0. The summed E-state index contributed by atoms with van der Waals surface area (Å²) in [5.41, 5.74) is 0. The van der Waals surface area contributed by atoms with E-state index in [0.717, 1.165) is 21.5 Å². The van der Waals surface area contributed by atoms with Crippen LogP contribution in [-0.2, 0) is 0 Å². The Labute approximate surface area is 113 Å². The van der Waals surface area contributed by atoms with Crippen molar-refractivity contribution in [2.75, 3.05) is 0 Å². The molecule has 4 heteroatoms. The van der Waals surface area contributed by atoms with Gasteiger partial charge in [0.05, 0.1) is 5.02 Å². The zero-order chi connectivity index (χ0) is 12.0. The van der Waals surface area contributed by atoms with E-state index in [1.807, 2.05) is 30.3 Å². The molecule has 0 saturated carbocycles. The van der Waals surface area contributed by atoms with E-state index in [9.17, 15) is 0 Å². The van der Waals surface area contributed by atoms with Crippen LogP contribution in [0.15, 0.2) is 36.5 Å². The molecule has 0 radical (unpaired) electrons. The molecule has 17 heavy (non-hydrogen) atoms. The fraction of sp³-hybridized carbons (Fsp3) is 0. The minimum atomic E-state index is 0.411. The minimum Gasteiger partial charge on any atom is -0.244 e. The molecule has 84 valence electrons. The highest BCUT2D eigenvalue weighted by Gasteiger charge is 2.10. The first-order valence-corrected chi connectivity index (χ1v) is 6.13. The lowest BCUT2D eigenvalue weighted by Gasteiger charge is -2.08. The van der Waals surface area contributed by atoms with Gasteiger partial charge in [-0.15, -0.1) is 0 Å². The van der Waals surface area contributed by atoms with Crippen LogP contribution in [0.3, 0.4) is 0 Å². The van der Waals surface area contributed by atoms with Crippen molar-refractivity contribution >= 4 is 56.3 Å². The maximum Gasteiger partial charge on any atom is 0.138 e. The molecular weight excluding hydrogens is 277 g/mol. The van der Waals surface area contributed by atoms with Gasteiger partial charge in [0.25, 0.3) is 0 Å². The van der Waals surface area contributed by atoms with E-state index in [1.54, 1.807) is 6.20 Å². The number of benzene rings is 2. The van der Waals surface area contributed by atoms with Gasteiger partial charge in [-0.2, -0.15) is 0 Å². The maximum absolute atomic E-state index is 6.23. The number of nitrogens with zero attached hydrogens (tertiary/aromatic N) is 1. The van der Waals surface area contributed by atoms with Crippen LogP contribution in [-0.4, -0.2) is 4.98 Å². The molecule has 0 fully saturated rings. The SMILES string of the molecule is Clc1cccc2c1cc(Cl)c1c(Cl)nccc12. The molecule has 0 bridgehead atoms. The van der Waals surface area contributed by atoms with Crippen LogP contribution in [0.2, 0.25) is 15.2 Å². The summed E-state index contributed by atoms with van der Waals surface area (Å²) in [6, 6.07) is 9.47. The summed E-state index contributed by atoms with van der Waals surface area (Å²) >= 11 is 18.5. The highest BCUT2D eigenvalue weighted by molar-refractivity contribution is 6.44. The summed E-state index contributed by atoms with van der Waals surface area (Å²) in [6.07, 6.45) is 1.67. The maximum atomic E-state index is 6.23. The first kappa shape index (κ1) is 11.1. The lowest BCUT2D eigenvalue weighted by molar-refractivity contribution is 1.37. The molecule has 0 aliphatic heterocycles. The number of pyridine rings is 1. The van der Waals surface area contributed by atoms with Gasteiger partial charge in [0.1, 0.15) is 5.15 Å². The Hall–Kier alpha value is -1.02. The van der Waals surface area contributed by atoms with Crippen molar-refractivity contribution in [1.82, 2.24) is 4.98 Å². The third kappa shape index (κ3) is 1.66. The molecule has 0 aliphatic carbocycles. The highest BCUT2D eigenvalue weighted by Crippen LogP contribution is 2.37. The molecule has 0 saturated heterocycles. The lowest BCUT2D eigenvalue weighted by Crippen LogP contribution is -1.84. The average molecular weight is 283 g/mol. The average Bonchev–Trinajstić information content (AvgIpc) is 2.31. The van der Waals surface area contributed by atoms with Crippen LogP contribution in [0.5, 0.6) is 0 Å². The number of hydrogen-bond acceptors (Lipinski definition) is 1. The van der Waals surface area contributed by atoms with Gasteiger partial charge in [-0.1, -0.05) is 46.9 Å². The Kier molecular flexibility index (Phi) is 2.62. The molecule has 3 aromatic rings. The van der Waals surface area contributed by atoms with Crippen molar-refractivity contribution in [3.05, 3.63) is 51.7 Å². The van der Waals surface area contributed by atoms with Crippen molar-refractivity contribution < 1.29 is 0 Å². The fourth-order valence-electron chi connectivity index (χ4n) is 2.01. The molecule has 2 aromatic carbocycles. The second kappa shape index (κ2) is 4.02. The van der Waals surface area contributed by atoms with Gasteiger partial charge in [0.2, 0.25) is 0 Å². The van der Waals surface area contributed by atoms with Gasteiger partial charge in [-0.05, 0) is 29.0 Å². The summed E-state index contributed by atoms with van der Waals surface area (Å²) in [5, 5.41) is 5.35. The zero-order valence-corrected chi connectivity index (χ0v) is 10.8. The molecule has 0 unspecified atom stereocenters. The molecule has 0 amide bonds. The van der Waals surface area contributed by atoms with E-state index in [1.165, 1.54) is 0 Å². The van der Waals surface area contributed by atoms with Crippen LogP contribution in [0, 0.1) is 0 Å².